The summed E-state index contributed by atoms with van der Waals surface area (Å²) in [6.07, 6.45) is 0. The maximum Gasteiger partial charge on any atom is 0.261 e. The zero-order valence-electron chi connectivity index (χ0n) is 13.0. The fourth-order valence-electron chi connectivity index (χ4n) is 2.34. The number of benzene rings is 3. The average Bonchev–Trinajstić information content (AvgIpc) is 2.64. The van der Waals surface area contributed by atoms with Crippen molar-refractivity contribution in [3.8, 4) is 0 Å². The van der Waals surface area contributed by atoms with Gasteiger partial charge in [0.05, 0.1) is 10.6 Å². The Morgan fingerprint density at radius 2 is 1.44 bits per heavy atom. The topological polar surface area (TPSA) is 63.2 Å². The van der Waals surface area contributed by atoms with E-state index in [9.17, 15) is 13.2 Å². The second kappa shape index (κ2) is 7.09. The van der Waals surface area contributed by atoms with Crippen molar-refractivity contribution in [1.82, 2.24) is 0 Å². The van der Waals surface area contributed by atoms with E-state index in [1.165, 1.54) is 30.3 Å². The molecule has 0 bridgehead atoms. The van der Waals surface area contributed by atoms with Crippen LogP contribution in [0.15, 0.2) is 83.8 Å². The molecule has 0 amide bonds. The van der Waals surface area contributed by atoms with Gasteiger partial charge in [0.2, 0.25) is 0 Å². The predicted molar refractivity (Wildman–Crippen MR) is 98.6 cm³/mol. The van der Waals surface area contributed by atoms with Crippen LogP contribution in [0.4, 0.5) is 5.69 Å². The van der Waals surface area contributed by atoms with Gasteiger partial charge in [-0.2, -0.15) is 0 Å². The van der Waals surface area contributed by atoms with Gasteiger partial charge in [0.1, 0.15) is 0 Å². The molecule has 0 aliphatic heterocycles. The lowest BCUT2D eigenvalue weighted by Gasteiger charge is -2.12. The molecule has 3 aromatic rings. The van der Waals surface area contributed by atoms with Gasteiger partial charge in [0, 0.05) is 16.1 Å². The van der Waals surface area contributed by atoms with E-state index in [0.29, 0.717) is 10.6 Å². The zero-order chi connectivity index (χ0) is 17.9. The minimum Gasteiger partial charge on any atom is -0.289 e. The van der Waals surface area contributed by atoms with Gasteiger partial charge in [-0.05, 0) is 30.3 Å². The van der Waals surface area contributed by atoms with E-state index < -0.39 is 10.0 Å². The van der Waals surface area contributed by atoms with Crippen LogP contribution in [0.25, 0.3) is 0 Å². The summed E-state index contributed by atoms with van der Waals surface area (Å²) in [5.41, 5.74) is 0.824. The van der Waals surface area contributed by atoms with E-state index in [1.54, 1.807) is 48.5 Å². The highest BCUT2D eigenvalue weighted by Crippen LogP contribution is 2.26. The molecule has 0 spiro atoms. The monoisotopic (exact) mass is 371 g/mol. The molecular weight excluding hydrogens is 358 g/mol. The Morgan fingerprint density at radius 1 is 0.840 bits per heavy atom. The van der Waals surface area contributed by atoms with Gasteiger partial charge in [0.25, 0.3) is 10.0 Å². The highest BCUT2D eigenvalue weighted by atomic mass is 35.5. The van der Waals surface area contributed by atoms with Crippen LogP contribution < -0.4 is 4.72 Å². The van der Waals surface area contributed by atoms with Crippen molar-refractivity contribution in [2.24, 2.45) is 0 Å². The second-order valence-electron chi connectivity index (χ2n) is 5.30. The molecule has 0 aliphatic carbocycles. The van der Waals surface area contributed by atoms with Crippen molar-refractivity contribution in [2.45, 2.75) is 4.90 Å². The molecule has 0 radical (unpaired) electrons. The fraction of sp³-hybridized carbons (Fsp3) is 0. The van der Waals surface area contributed by atoms with Crippen molar-refractivity contribution >= 4 is 33.1 Å². The number of sulfonamides is 1. The molecule has 0 aromatic heterocycles. The molecule has 0 saturated heterocycles. The Bertz CT molecular complexity index is 1000. The van der Waals surface area contributed by atoms with Gasteiger partial charge >= 0.3 is 0 Å². The maximum atomic E-state index is 12.7. The van der Waals surface area contributed by atoms with Gasteiger partial charge in [-0.1, -0.05) is 60.1 Å². The molecule has 0 atom stereocenters. The second-order valence-corrected chi connectivity index (χ2v) is 7.42. The van der Waals surface area contributed by atoms with E-state index >= 15 is 0 Å². The number of carbonyl (C=O) groups excluding carboxylic acids is 1. The molecule has 6 heteroatoms. The summed E-state index contributed by atoms with van der Waals surface area (Å²) in [6.45, 7) is 0. The third-order valence-electron chi connectivity index (χ3n) is 3.56. The first-order valence-corrected chi connectivity index (χ1v) is 9.31. The number of halogens is 1. The molecule has 1 N–H and O–H groups in total. The Labute approximate surface area is 151 Å². The van der Waals surface area contributed by atoms with Crippen molar-refractivity contribution in [3.63, 3.8) is 0 Å². The standard InChI is InChI=1S/C19H14ClNO3S/c20-15-11-12-18(21-25(23,24)16-9-5-2-6-10-16)17(13-15)19(22)14-7-3-1-4-8-14/h1-13,21H. The molecule has 0 saturated carbocycles. The van der Waals surface area contributed by atoms with Crippen LogP contribution in [-0.2, 0) is 10.0 Å². The van der Waals surface area contributed by atoms with Crippen LogP contribution in [0, 0.1) is 0 Å². The molecule has 3 rings (SSSR count). The highest BCUT2D eigenvalue weighted by Gasteiger charge is 2.19. The predicted octanol–water partition coefficient (Wildman–Crippen LogP) is 4.37. The molecule has 25 heavy (non-hydrogen) atoms. The quantitative estimate of drug-likeness (QED) is 0.677. The Morgan fingerprint density at radius 3 is 2.08 bits per heavy atom. The molecule has 0 fully saturated rings. The normalized spacial score (nSPS) is 11.1. The van der Waals surface area contributed by atoms with Crippen LogP contribution in [0.1, 0.15) is 15.9 Å². The lowest BCUT2D eigenvalue weighted by atomic mass is 10.0. The third-order valence-corrected chi connectivity index (χ3v) is 5.18. The largest absolute Gasteiger partial charge is 0.289 e. The SMILES string of the molecule is O=C(c1ccccc1)c1cc(Cl)ccc1NS(=O)(=O)c1ccccc1. The number of anilines is 1. The maximum absolute atomic E-state index is 12.7. The summed E-state index contributed by atoms with van der Waals surface area (Å²) in [5.74, 6) is -0.311. The first-order chi connectivity index (χ1) is 12.0. The summed E-state index contributed by atoms with van der Waals surface area (Å²) in [5, 5.41) is 0.349. The van der Waals surface area contributed by atoms with E-state index in [1.807, 2.05) is 0 Å². The molecule has 0 heterocycles. The number of nitrogens with one attached hydrogen (secondary N) is 1. The first-order valence-electron chi connectivity index (χ1n) is 7.44. The zero-order valence-corrected chi connectivity index (χ0v) is 14.6. The minimum absolute atomic E-state index is 0.114. The lowest BCUT2D eigenvalue weighted by Crippen LogP contribution is -2.16. The number of carbonyl (C=O) groups is 1. The Hall–Kier alpha value is -2.63. The Balaban J connectivity index is 2.02. The molecular formula is C19H14ClNO3S. The number of hydrogen-bond donors (Lipinski definition) is 1. The van der Waals surface area contributed by atoms with Crippen molar-refractivity contribution in [1.29, 1.82) is 0 Å². The summed E-state index contributed by atoms with van der Waals surface area (Å²) < 4.78 is 27.6. The molecule has 126 valence electrons. The van der Waals surface area contributed by atoms with Crippen molar-refractivity contribution in [3.05, 3.63) is 95.0 Å². The smallest absolute Gasteiger partial charge is 0.261 e. The highest BCUT2D eigenvalue weighted by molar-refractivity contribution is 7.92. The van der Waals surface area contributed by atoms with E-state index in [2.05, 4.69) is 4.72 Å². The summed E-state index contributed by atoms with van der Waals surface area (Å²) in [4.78, 5) is 12.9. The van der Waals surface area contributed by atoms with Crippen LogP contribution in [0.2, 0.25) is 5.02 Å². The first kappa shape index (κ1) is 17.2. The van der Waals surface area contributed by atoms with E-state index in [0.717, 1.165) is 0 Å². The minimum atomic E-state index is -3.81. The van der Waals surface area contributed by atoms with Crippen molar-refractivity contribution < 1.29 is 13.2 Å². The average molecular weight is 372 g/mol. The molecule has 0 aliphatic rings. The van der Waals surface area contributed by atoms with Gasteiger partial charge in [0.15, 0.2) is 5.78 Å². The van der Waals surface area contributed by atoms with E-state index in [-0.39, 0.29) is 21.9 Å². The van der Waals surface area contributed by atoms with Crippen LogP contribution in [-0.4, -0.2) is 14.2 Å². The third kappa shape index (κ3) is 3.90. The number of hydrogen-bond acceptors (Lipinski definition) is 3. The van der Waals surface area contributed by atoms with Gasteiger partial charge in [-0.25, -0.2) is 8.42 Å². The van der Waals surface area contributed by atoms with Gasteiger partial charge < -0.3 is 0 Å². The number of rotatable bonds is 5. The molecule has 0 unspecified atom stereocenters. The van der Waals surface area contributed by atoms with Crippen molar-refractivity contribution in [2.75, 3.05) is 4.72 Å². The molecule has 4 nitrogen and oxygen atoms in total. The van der Waals surface area contributed by atoms with Crippen LogP contribution in [0.3, 0.4) is 0 Å². The molecule has 3 aromatic carbocycles. The fourth-order valence-corrected chi connectivity index (χ4v) is 3.61. The van der Waals surface area contributed by atoms with E-state index in [4.69, 9.17) is 11.6 Å². The van der Waals surface area contributed by atoms with Crippen LogP contribution >= 0.6 is 11.6 Å². The van der Waals surface area contributed by atoms with Gasteiger partial charge in [-0.3, -0.25) is 9.52 Å². The Kier molecular flexibility index (Phi) is 4.88. The lowest BCUT2D eigenvalue weighted by molar-refractivity contribution is 0.103. The summed E-state index contributed by atoms with van der Waals surface area (Å²) >= 11 is 6.01. The summed E-state index contributed by atoms with van der Waals surface area (Å²) in [6, 6.07) is 21.0. The summed E-state index contributed by atoms with van der Waals surface area (Å²) in [7, 11) is -3.81. The van der Waals surface area contributed by atoms with Gasteiger partial charge in [-0.15, -0.1) is 0 Å². The number of ketones is 1. The van der Waals surface area contributed by atoms with Crippen LogP contribution in [0.5, 0.6) is 0 Å².